The van der Waals surface area contributed by atoms with Crippen LogP contribution in [0.25, 0.3) is 0 Å². The topological polar surface area (TPSA) is 70.1 Å². The summed E-state index contributed by atoms with van der Waals surface area (Å²) in [5.74, 6) is -0.292. The normalized spacial score (nSPS) is 15.2. The number of phenolic OH excluding ortho intramolecular Hbond substituents is 1. The van der Waals surface area contributed by atoms with Gasteiger partial charge in [0.25, 0.3) is 5.91 Å². The zero-order valence-electron chi connectivity index (χ0n) is 11.4. The van der Waals surface area contributed by atoms with Crippen LogP contribution >= 0.6 is 0 Å². The van der Waals surface area contributed by atoms with Crippen LogP contribution in [0.15, 0.2) is 24.3 Å². The SMILES string of the molecule is COCC(=O)N1CCN(C(=O)c2ccccc2O)CC1. The maximum atomic E-state index is 12.3. The number of phenols is 1. The molecule has 0 bridgehead atoms. The van der Waals surface area contributed by atoms with E-state index in [-0.39, 0.29) is 24.2 Å². The van der Waals surface area contributed by atoms with Crippen LogP contribution in [0, 0.1) is 0 Å². The van der Waals surface area contributed by atoms with E-state index in [2.05, 4.69) is 0 Å². The van der Waals surface area contributed by atoms with Crippen molar-refractivity contribution in [2.45, 2.75) is 0 Å². The number of aromatic hydroxyl groups is 1. The molecule has 0 atom stereocenters. The molecule has 1 saturated heterocycles. The Kier molecular flexibility index (Phi) is 4.57. The minimum absolute atomic E-state index is 0.0182. The molecule has 2 amide bonds. The van der Waals surface area contributed by atoms with E-state index in [1.807, 2.05) is 0 Å². The van der Waals surface area contributed by atoms with Gasteiger partial charge >= 0.3 is 0 Å². The predicted octanol–water partition coefficient (Wildman–Crippen LogP) is 0.323. The van der Waals surface area contributed by atoms with Crippen LogP contribution in [0.3, 0.4) is 0 Å². The molecule has 1 fully saturated rings. The number of carbonyl (C=O) groups is 2. The van der Waals surface area contributed by atoms with E-state index in [0.717, 1.165) is 0 Å². The second-order valence-electron chi connectivity index (χ2n) is 4.62. The summed E-state index contributed by atoms with van der Waals surface area (Å²) in [7, 11) is 1.48. The fourth-order valence-corrected chi connectivity index (χ4v) is 2.20. The number of rotatable bonds is 3. The standard InChI is InChI=1S/C14H18N2O4/c1-20-10-13(18)15-6-8-16(9-7-15)14(19)11-4-2-3-5-12(11)17/h2-5,17H,6-10H2,1H3. The number of nitrogens with zero attached hydrogens (tertiary/aromatic N) is 2. The number of hydrogen-bond donors (Lipinski definition) is 1. The molecule has 0 aromatic heterocycles. The lowest BCUT2D eigenvalue weighted by Crippen LogP contribution is -2.51. The number of amides is 2. The maximum absolute atomic E-state index is 12.3. The summed E-state index contributed by atoms with van der Waals surface area (Å²) in [5.41, 5.74) is 0.296. The Morgan fingerprint density at radius 3 is 2.35 bits per heavy atom. The van der Waals surface area contributed by atoms with Gasteiger partial charge < -0.3 is 19.6 Å². The van der Waals surface area contributed by atoms with Gasteiger partial charge in [-0.15, -0.1) is 0 Å². The second-order valence-corrected chi connectivity index (χ2v) is 4.62. The van der Waals surface area contributed by atoms with Gasteiger partial charge in [0.05, 0.1) is 5.56 Å². The Labute approximate surface area is 117 Å². The van der Waals surface area contributed by atoms with E-state index in [9.17, 15) is 14.7 Å². The van der Waals surface area contributed by atoms with Gasteiger partial charge in [0, 0.05) is 33.3 Å². The first kappa shape index (κ1) is 14.3. The van der Waals surface area contributed by atoms with Crippen molar-refractivity contribution in [3.05, 3.63) is 29.8 Å². The Balaban J connectivity index is 1.96. The van der Waals surface area contributed by atoms with Gasteiger partial charge in [-0.2, -0.15) is 0 Å². The molecule has 108 valence electrons. The molecule has 0 aliphatic carbocycles. The summed E-state index contributed by atoms with van der Waals surface area (Å²) >= 11 is 0. The summed E-state index contributed by atoms with van der Waals surface area (Å²) in [6.07, 6.45) is 0. The number of benzene rings is 1. The molecule has 20 heavy (non-hydrogen) atoms. The molecular formula is C14H18N2O4. The lowest BCUT2D eigenvalue weighted by atomic mass is 10.1. The van der Waals surface area contributed by atoms with Gasteiger partial charge in [-0.1, -0.05) is 12.1 Å². The average molecular weight is 278 g/mol. The highest BCUT2D eigenvalue weighted by Gasteiger charge is 2.25. The molecule has 1 aliphatic rings. The van der Waals surface area contributed by atoms with E-state index in [0.29, 0.717) is 31.7 Å². The maximum Gasteiger partial charge on any atom is 0.257 e. The molecule has 6 nitrogen and oxygen atoms in total. The summed E-state index contributed by atoms with van der Waals surface area (Å²) in [6, 6.07) is 6.48. The summed E-state index contributed by atoms with van der Waals surface area (Å²) in [6.45, 7) is 1.96. The third-order valence-electron chi connectivity index (χ3n) is 3.32. The molecule has 0 spiro atoms. The fourth-order valence-electron chi connectivity index (χ4n) is 2.20. The second kappa shape index (κ2) is 6.38. The van der Waals surface area contributed by atoms with Crippen molar-refractivity contribution >= 4 is 11.8 Å². The number of piperazine rings is 1. The van der Waals surface area contributed by atoms with E-state index in [4.69, 9.17) is 4.74 Å². The number of ether oxygens (including phenoxy) is 1. The lowest BCUT2D eigenvalue weighted by Gasteiger charge is -2.34. The Morgan fingerprint density at radius 1 is 1.15 bits per heavy atom. The van der Waals surface area contributed by atoms with Gasteiger partial charge in [0.1, 0.15) is 12.4 Å². The quantitative estimate of drug-likeness (QED) is 0.864. The molecule has 1 heterocycles. The first-order valence-corrected chi connectivity index (χ1v) is 6.47. The van der Waals surface area contributed by atoms with Gasteiger partial charge in [-0.3, -0.25) is 9.59 Å². The van der Waals surface area contributed by atoms with Crippen LogP contribution < -0.4 is 0 Å². The van der Waals surface area contributed by atoms with Gasteiger partial charge in [-0.05, 0) is 12.1 Å². The predicted molar refractivity (Wildman–Crippen MR) is 72.5 cm³/mol. The number of hydrogen-bond acceptors (Lipinski definition) is 4. The molecular weight excluding hydrogens is 260 g/mol. The van der Waals surface area contributed by atoms with Gasteiger partial charge in [-0.25, -0.2) is 0 Å². The monoisotopic (exact) mass is 278 g/mol. The third-order valence-corrected chi connectivity index (χ3v) is 3.32. The van der Waals surface area contributed by atoms with E-state index in [1.54, 1.807) is 28.0 Å². The van der Waals surface area contributed by atoms with Crippen molar-refractivity contribution < 1.29 is 19.4 Å². The molecule has 0 unspecified atom stereocenters. The molecule has 2 rings (SSSR count). The van der Waals surface area contributed by atoms with Crippen LogP contribution in [0.4, 0.5) is 0 Å². The first-order valence-electron chi connectivity index (χ1n) is 6.47. The van der Waals surface area contributed by atoms with Crippen LogP contribution in [0.1, 0.15) is 10.4 Å². The third kappa shape index (κ3) is 3.08. The molecule has 0 saturated carbocycles. The van der Waals surface area contributed by atoms with Gasteiger partial charge in [0.15, 0.2) is 0 Å². The highest BCUT2D eigenvalue weighted by molar-refractivity contribution is 5.97. The zero-order chi connectivity index (χ0) is 14.5. The Hall–Kier alpha value is -2.08. The number of para-hydroxylation sites is 1. The molecule has 1 aliphatic heterocycles. The van der Waals surface area contributed by atoms with Crippen LogP contribution in [0.5, 0.6) is 5.75 Å². The lowest BCUT2D eigenvalue weighted by molar-refractivity contribution is -0.136. The fraction of sp³-hybridized carbons (Fsp3) is 0.429. The van der Waals surface area contributed by atoms with Crippen LogP contribution in [0.2, 0.25) is 0 Å². The van der Waals surface area contributed by atoms with Crippen molar-refractivity contribution in [1.29, 1.82) is 0 Å². The van der Waals surface area contributed by atoms with Crippen molar-refractivity contribution in [3.8, 4) is 5.75 Å². The minimum Gasteiger partial charge on any atom is -0.507 e. The number of methoxy groups -OCH3 is 1. The zero-order valence-corrected chi connectivity index (χ0v) is 11.4. The van der Waals surface area contributed by atoms with Crippen molar-refractivity contribution in [3.63, 3.8) is 0 Å². The molecule has 6 heteroatoms. The largest absolute Gasteiger partial charge is 0.507 e. The molecule has 1 aromatic rings. The van der Waals surface area contributed by atoms with Gasteiger partial charge in [0.2, 0.25) is 5.91 Å². The van der Waals surface area contributed by atoms with E-state index < -0.39 is 0 Å². The minimum atomic E-state index is -0.207. The van der Waals surface area contributed by atoms with Crippen molar-refractivity contribution in [1.82, 2.24) is 9.80 Å². The summed E-state index contributed by atoms with van der Waals surface area (Å²) in [5, 5.41) is 9.69. The van der Waals surface area contributed by atoms with Crippen LogP contribution in [-0.2, 0) is 9.53 Å². The summed E-state index contributed by atoms with van der Waals surface area (Å²) < 4.78 is 4.81. The van der Waals surface area contributed by atoms with Crippen LogP contribution in [-0.4, -0.2) is 66.6 Å². The summed E-state index contributed by atoms with van der Waals surface area (Å²) in [4.78, 5) is 27.2. The van der Waals surface area contributed by atoms with Crippen molar-refractivity contribution in [2.24, 2.45) is 0 Å². The molecule has 1 aromatic carbocycles. The molecule has 0 radical (unpaired) electrons. The van der Waals surface area contributed by atoms with Crippen molar-refractivity contribution in [2.75, 3.05) is 39.9 Å². The Bertz CT molecular complexity index is 496. The van der Waals surface area contributed by atoms with E-state index >= 15 is 0 Å². The highest BCUT2D eigenvalue weighted by atomic mass is 16.5. The number of carbonyl (C=O) groups excluding carboxylic acids is 2. The smallest absolute Gasteiger partial charge is 0.257 e. The highest BCUT2D eigenvalue weighted by Crippen LogP contribution is 2.18. The Morgan fingerprint density at radius 2 is 1.75 bits per heavy atom. The van der Waals surface area contributed by atoms with E-state index in [1.165, 1.54) is 13.2 Å². The first-order chi connectivity index (χ1) is 9.63. The average Bonchev–Trinajstić information content (AvgIpc) is 2.47. The molecule has 1 N–H and O–H groups in total.